The van der Waals surface area contributed by atoms with E-state index in [1.54, 1.807) is 26.0 Å². The molecule has 1 aromatic carbocycles. The fourth-order valence-electron chi connectivity index (χ4n) is 2.28. The molecule has 2 rings (SSSR count). The number of amides is 1. The molecule has 1 aromatic rings. The van der Waals surface area contributed by atoms with Crippen molar-refractivity contribution in [3.63, 3.8) is 0 Å². The average molecular weight is 376 g/mol. The summed E-state index contributed by atoms with van der Waals surface area (Å²) >= 11 is 3.32. The molecule has 0 aromatic heterocycles. The number of rotatable bonds is 4. The van der Waals surface area contributed by atoms with Crippen molar-refractivity contribution in [3.8, 4) is 5.75 Å². The number of carbonyl (C=O) groups excluding carboxylic acids is 1. The Labute approximate surface area is 133 Å². The molecule has 0 spiro atoms. The molecular weight excluding hydrogens is 358 g/mol. The molecule has 1 N–H and O–H groups in total. The van der Waals surface area contributed by atoms with E-state index in [9.17, 15) is 13.2 Å². The lowest BCUT2D eigenvalue weighted by Gasteiger charge is -2.26. The first-order valence-corrected chi connectivity index (χ1v) is 9.25. The Morgan fingerprint density at radius 3 is 2.52 bits per heavy atom. The SMILES string of the molecule is CC(Oc1ccc(Br)cc1)C(=O)NC1(C)CCS(=O)(=O)C1. The molecule has 1 aliphatic heterocycles. The van der Waals surface area contributed by atoms with E-state index in [1.165, 1.54) is 0 Å². The molecule has 0 radical (unpaired) electrons. The van der Waals surface area contributed by atoms with Gasteiger partial charge < -0.3 is 10.1 Å². The molecule has 0 aliphatic carbocycles. The van der Waals surface area contributed by atoms with Gasteiger partial charge in [-0.3, -0.25) is 4.79 Å². The lowest BCUT2D eigenvalue weighted by atomic mass is 10.0. The predicted octanol–water partition coefficient (Wildman–Crippen LogP) is 1.91. The highest BCUT2D eigenvalue weighted by molar-refractivity contribution is 9.10. The van der Waals surface area contributed by atoms with Gasteiger partial charge in [-0.15, -0.1) is 0 Å². The van der Waals surface area contributed by atoms with E-state index in [0.29, 0.717) is 12.2 Å². The Bertz CT molecular complexity index is 629. The van der Waals surface area contributed by atoms with E-state index in [4.69, 9.17) is 4.74 Å². The molecule has 5 nitrogen and oxygen atoms in total. The number of hydrogen-bond acceptors (Lipinski definition) is 4. The highest BCUT2D eigenvalue weighted by Crippen LogP contribution is 2.23. The highest BCUT2D eigenvalue weighted by Gasteiger charge is 2.40. The zero-order chi connectivity index (χ0) is 15.7. The second kappa shape index (κ2) is 5.96. The zero-order valence-electron chi connectivity index (χ0n) is 11.9. The minimum atomic E-state index is -3.05. The summed E-state index contributed by atoms with van der Waals surface area (Å²) in [6.07, 6.45) is -0.252. The molecule has 0 saturated carbocycles. The summed E-state index contributed by atoms with van der Waals surface area (Å²) in [4.78, 5) is 12.1. The van der Waals surface area contributed by atoms with Crippen LogP contribution in [0.4, 0.5) is 0 Å². The Hall–Kier alpha value is -1.08. The smallest absolute Gasteiger partial charge is 0.261 e. The maximum absolute atomic E-state index is 12.1. The van der Waals surface area contributed by atoms with Crippen molar-refractivity contribution >= 4 is 31.7 Å². The third kappa shape index (κ3) is 4.44. The molecule has 2 unspecified atom stereocenters. The van der Waals surface area contributed by atoms with Crippen molar-refractivity contribution in [1.29, 1.82) is 0 Å². The van der Waals surface area contributed by atoms with Gasteiger partial charge in [-0.05, 0) is 44.5 Å². The molecule has 7 heteroatoms. The number of benzene rings is 1. The summed E-state index contributed by atoms with van der Waals surface area (Å²) in [7, 11) is -3.05. The first-order valence-electron chi connectivity index (χ1n) is 6.64. The topological polar surface area (TPSA) is 72.5 Å². The van der Waals surface area contributed by atoms with Gasteiger partial charge in [0.15, 0.2) is 15.9 Å². The van der Waals surface area contributed by atoms with Crippen LogP contribution < -0.4 is 10.1 Å². The van der Waals surface area contributed by atoms with Crippen LogP contribution in [0.2, 0.25) is 0 Å². The molecular formula is C14H18BrNO4S. The first-order chi connectivity index (χ1) is 9.69. The van der Waals surface area contributed by atoms with Crippen molar-refractivity contribution in [1.82, 2.24) is 5.32 Å². The van der Waals surface area contributed by atoms with Gasteiger partial charge in [0.05, 0.1) is 17.0 Å². The Kier molecular flexibility index (Phi) is 4.63. The molecule has 21 heavy (non-hydrogen) atoms. The zero-order valence-corrected chi connectivity index (χ0v) is 14.3. The van der Waals surface area contributed by atoms with Gasteiger partial charge in [-0.1, -0.05) is 15.9 Å². The molecule has 1 heterocycles. The normalized spacial score (nSPS) is 25.3. The first kappa shape index (κ1) is 16.3. The lowest BCUT2D eigenvalue weighted by molar-refractivity contribution is -0.128. The van der Waals surface area contributed by atoms with E-state index in [0.717, 1.165) is 4.47 Å². The van der Waals surface area contributed by atoms with Gasteiger partial charge in [-0.2, -0.15) is 0 Å². The summed E-state index contributed by atoms with van der Waals surface area (Å²) in [5, 5.41) is 2.79. The van der Waals surface area contributed by atoms with Gasteiger partial charge in [0, 0.05) is 4.47 Å². The summed E-state index contributed by atoms with van der Waals surface area (Å²) in [6, 6.07) is 7.17. The third-order valence-corrected chi connectivity index (χ3v) is 5.86. The fraction of sp³-hybridized carbons (Fsp3) is 0.500. The van der Waals surface area contributed by atoms with Crippen LogP contribution in [-0.4, -0.2) is 37.5 Å². The van der Waals surface area contributed by atoms with Crippen molar-refractivity contribution in [2.45, 2.75) is 31.9 Å². The van der Waals surface area contributed by atoms with Gasteiger partial charge in [0.25, 0.3) is 5.91 Å². The summed E-state index contributed by atoms with van der Waals surface area (Å²) in [6.45, 7) is 3.39. The third-order valence-electron chi connectivity index (χ3n) is 3.42. The van der Waals surface area contributed by atoms with Crippen LogP contribution in [-0.2, 0) is 14.6 Å². The number of sulfone groups is 1. The highest BCUT2D eigenvalue weighted by atomic mass is 79.9. The Balaban J connectivity index is 1.95. The molecule has 1 aliphatic rings. The van der Waals surface area contributed by atoms with E-state index in [-0.39, 0.29) is 17.4 Å². The van der Waals surface area contributed by atoms with Crippen LogP contribution in [0, 0.1) is 0 Å². The minimum Gasteiger partial charge on any atom is -0.481 e. The van der Waals surface area contributed by atoms with E-state index < -0.39 is 21.5 Å². The van der Waals surface area contributed by atoms with E-state index in [2.05, 4.69) is 21.2 Å². The second-order valence-electron chi connectivity index (χ2n) is 5.61. The van der Waals surface area contributed by atoms with Gasteiger partial charge in [0.1, 0.15) is 5.75 Å². The van der Waals surface area contributed by atoms with Crippen LogP contribution in [0.1, 0.15) is 20.3 Å². The van der Waals surface area contributed by atoms with Crippen molar-refractivity contribution in [3.05, 3.63) is 28.7 Å². The monoisotopic (exact) mass is 375 g/mol. The van der Waals surface area contributed by atoms with Crippen LogP contribution in [0.5, 0.6) is 5.75 Å². The van der Waals surface area contributed by atoms with Crippen LogP contribution in [0.15, 0.2) is 28.7 Å². The number of hydrogen-bond donors (Lipinski definition) is 1. The maximum Gasteiger partial charge on any atom is 0.261 e. The standard InChI is InChI=1S/C14H18BrNO4S/c1-10(20-12-5-3-11(15)4-6-12)13(17)16-14(2)7-8-21(18,19)9-14/h3-6,10H,7-9H2,1-2H3,(H,16,17). The molecule has 1 saturated heterocycles. The molecule has 116 valence electrons. The molecule has 2 atom stereocenters. The maximum atomic E-state index is 12.1. The van der Waals surface area contributed by atoms with Crippen molar-refractivity contribution in [2.24, 2.45) is 0 Å². The summed E-state index contributed by atoms with van der Waals surface area (Å²) < 4.78 is 29.5. The van der Waals surface area contributed by atoms with Crippen LogP contribution in [0.25, 0.3) is 0 Å². The minimum absolute atomic E-state index is 0.0171. The molecule has 0 bridgehead atoms. The van der Waals surface area contributed by atoms with Gasteiger partial charge >= 0.3 is 0 Å². The number of carbonyl (C=O) groups is 1. The fourth-order valence-corrected chi connectivity index (χ4v) is 4.64. The quantitative estimate of drug-likeness (QED) is 0.872. The second-order valence-corrected chi connectivity index (χ2v) is 8.71. The van der Waals surface area contributed by atoms with E-state index >= 15 is 0 Å². The molecule has 1 fully saturated rings. The Morgan fingerprint density at radius 2 is 2.00 bits per heavy atom. The van der Waals surface area contributed by atoms with Crippen LogP contribution in [0.3, 0.4) is 0 Å². The largest absolute Gasteiger partial charge is 0.481 e. The average Bonchev–Trinajstić information content (AvgIpc) is 2.66. The number of halogens is 1. The van der Waals surface area contributed by atoms with E-state index in [1.807, 2.05) is 12.1 Å². The van der Waals surface area contributed by atoms with Gasteiger partial charge in [-0.25, -0.2) is 8.42 Å². The van der Waals surface area contributed by atoms with Crippen LogP contribution >= 0.6 is 15.9 Å². The summed E-state index contributed by atoms with van der Waals surface area (Å²) in [5.74, 6) is 0.380. The van der Waals surface area contributed by atoms with Crippen molar-refractivity contribution < 1.29 is 17.9 Å². The predicted molar refractivity (Wildman–Crippen MR) is 84.1 cm³/mol. The Morgan fingerprint density at radius 1 is 1.38 bits per heavy atom. The number of nitrogens with one attached hydrogen (secondary N) is 1. The summed E-state index contributed by atoms with van der Waals surface area (Å²) in [5.41, 5.74) is -0.701. The number of ether oxygens (including phenoxy) is 1. The van der Waals surface area contributed by atoms with Gasteiger partial charge in [0.2, 0.25) is 0 Å². The van der Waals surface area contributed by atoms with Crippen molar-refractivity contribution in [2.75, 3.05) is 11.5 Å². The lowest BCUT2D eigenvalue weighted by Crippen LogP contribution is -2.51. The molecule has 1 amide bonds.